The second-order valence-corrected chi connectivity index (χ2v) is 23.9. The molecule has 22 N–H and O–H groups in total. The Morgan fingerprint density at radius 1 is 0.469 bits per heavy atom. The van der Waals surface area contributed by atoms with Gasteiger partial charge in [0.15, 0.2) is 0 Å². The number of H-pyrrole nitrogens is 1. The van der Waals surface area contributed by atoms with Crippen molar-refractivity contribution in [1.29, 1.82) is 0 Å². The number of carbonyl (C=O) groups excluding carboxylic acids is 11. The van der Waals surface area contributed by atoms with E-state index in [1.54, 1.807) is 74.6 Å². The number of hydrogen-bond acceptors (Lipinski definition) is 21. The van der Waals surface area contributed by atoms with Crippen LogP contribution in [0.25, 0.3) is 10.9 Å². The van der Waals surface area contributed by atoms with Gasteiger partial charge in [0.05, 0.1) is 25.9 Å². The van der Waals surface area contributed by atoms with Gasteiger partial charge in [0, 0.05) is 54.3 Å². The van der Waals surface area contributed by atoms with Crippen molar-refractivity contribution in [1.82, 2.24) is 63.5 Å². The molecule has 11 amide bonds. The Balaban J connectivity index is 1.67. The van der Waals surface area contributed by atoms with Crippen molar-refractivity contribution in [2.24, 2.45) is 17.4 Å². The zero-order chi connectivity index (χ0) is 72.8. The molecule has 98 heavy (non-hydrogen) atoms. The van der Waals surface area contributed by atoms with Crippen LogP contribution >= 0.6 is 25.3 Å². The lowest BCUT2D eigenvalue weighted by Crippen LogP contribution is -2.62. The fourth-order valence-electron chi connectivity index (χ4n) is 9.79. The third kappa shape index (κ3) is 25.9. The van der Waals surface area contributed by atoms with Crippen molar-refractivity contribution < 1.29 is 93.0 Å². The van der Waals surface area contributed by atoms with Gasteiger partial charge in [-0.2, -0.15) is 25.3 Å². The van der Waals surface area contributed by atoms with Crippen molar-refractivity contribution >= 4 is 113 Å². The molecule has 1 aromatic heterocycles. The SMILES string of the molecule is CC(C)[C@H](NC(=O)[C@H](CS)NC(=O)[C@H](Cc1ccc(O)cc1)NC(=O)[C@H](CCCCN)NC(=O)[C@H](Cc1c[nH]c2ccccc12)NC(=O)[C@H](Cc1ccccc1)NC(=O)[C@H](CS)NC(=O)[C@H](CCC(=O)O)NC(=O)[C@H](CO)NC(=O)[C@@H](NC(=O)[C@H](CO)NC(=O)CN)[C@@H](C)O)C(=O)O. The third-order valence-electron chi connectivity index (χ3n) is 15.3. The van der Waals surface area contributed by atoms with E-state index in [1.165, 1.54) is 24.3 Å². The van der Waals surface area contributed by atoms with Crippen LogP contribution in [-0.2, 0) is 81.6 Å². The van der Waals surface area contributed by atoms with Gasteiger partial charge in [-0.15, -0.1) is 0 Å². The second kappa shape index (κ2) is 41.0. The lowest BCUT2D eigenvalue weighted by Gasteiger charge is -2.28. The van der Waals surface area contributed by atoms with E-state index in [0.29, 0.717) is 34.0 Å². The number of carbonyl (C=O) groups is 13. The monoisotopic (exact) mass is 1410 g/mol. The van der Waals surface area contributed by atoms with Crippen molar-refractivity contribution in [2.75, 3.05) is 37.8 Å². The summed E-state index contributed by atoms with van der Waals surface area (Å²) in [4.78, 5) is 180. The number of phenols is 1. The van der Waals surface area contributed by atoms with Gasteiger partial charge in [-0.3, -0.25) is 57.5 Å². The Morgan fingerprint density at radius 3 is 1.38 bits per heavy atom. The van der Waals surface area contributed by atoms with Crippen LogP contribution in [0.2, 0.25) is 0 Å². The highest BCUT2D eigenvalue weighted by molar-refractivity contribution is 7.80. The number of aliphatic hydroxyl groups is 3. The maximum atomic E-state index is 15.0. The topological polar surface area (TPSA) is 543 Å². The fourth-order valence-corrected chi connectivity index (χ4v) is 10.3. The summed E-state index contributed by atoms with van der Waals surface area (Å²) in [7, 11) is 0. The molecule has 0 aliphatic heterocycles. The molecular formula is C63H88N14O19S2. The van der Waals surface area contributed by atoms with E-state index in [0.717, 1.165) is 6.92 Å². The number of aromatic amines is 1. The quantitative estimate of drug-likeness (QED) is 0.0146. The number of amides is 11. The number of hydrogen-bond donors (Lipinski definition) is 22. The number of unbranched alkanes of at least 4 members (excludes halogenated alkanes) is 1. The summed E-state index contributed by atoms with van der Waals surface area (Å²) in [5.41, 5.74) is 13.2. The zero-order valence-corrected chi connectivity index (χ0v) is 55.8. The van der Waals surface area contributed by atoms with E-state index < -0.39 is 194 Å². The molecule has 4 rings (SSSR count). The van der Waals surface area contributed by atoms with Crippen LogP contribution in [0.3, 0.4) is 0 Å². The van der Waals surface area contributed by atoms with Crippen LogP contribution in [0.5, 0.6) is 5.75 Å². The van der Waals surface area contributed by atoms with Gasteiger partial charge in [-0.05, 0) is 80.0 Å². The van der Waals surface area contributed by atoms with Gasteiger partial charge in [0.2, 0.25) is 65.0 Å². The normalized spacial score (nSPS) is 14.8. The van der Waals surface area contributed by atoms with Crippen molar-refractivity contribution in [3.05, 3.63) is 102 Å². The number of fused-ring (bicyclic) bond motifs is 1. The molecule has 0 radical (unpaired) electrons. The average molecular weight is 1410 g/mol. The van der Waals surface area contributed by atoms with Crippen LogP contribution in [-0.4, -0.2) is 223 Å². The van der Waals surface area contributed by atoms with Crippen LogP contribution < -0.4 is 70.0 Å². The van der Waals surface area contributed by atoms with Crippen molar-refractivity contribution in [2.45, 2.75) is 145 Å². The number of carboxylic acids is 2. The number of rotatable bonds is 42. The zero-order valence-electron chi connectivity index (χ0n) is 54.0. The number of para-hydroxylation sites is 1. The Morgan fingerprint density at radius 2 is 0.888 bits per heavy atom. The summed E-state index contributed by atoms with van der Waals surface area (Å²) in [6.45, 7) is 1.66. The molecule has 0 saturated heterocycles. The molecule has 536 valence electrons. The van der Waals surface area contributed by atoms with E-state index in [4.69, 9.17) is 11.5 Å². The van der Waals surface area contributed by atoms with E-state index in [-0.39, 0.29) is 50.2 Å². The summed E-state index contributed by atoms with van der Waals surface area (Å²) in [5.74, 6) is -15.7. The van der Waals surface area contributed by atoms with Gasteiger partial charge in [-0.25, -0.2) is 4.79 Å². The van der Waals surface area contributed by atoms with E-state index in [9.17, 15) is 88.2 Å². The number of nitrogens with one attached hydrogen (secondary N) is 12. The van der Waals surface area contributed by atoms with Crippen molar-refractivity contribution in [3.8, 4) is 5.75 Å². The predicted molar refractivity (Wildman–Crippen MR) is 360 cm³/mol. The van der Waals surface area contributed by atoms with Gasteiger partial charge in [-0.1, -0.05) is 74.5 Å². The van der Waals surface area contributed by atoms with Crippen LogP contribution in [0.15, 0.2) is 85.1 Å². The lowest BCUT2D eigenvalue weighted by molar-refractivity contribution is -0.143. The highest BCUT2D eigenvalue weighted by atomic mass is 32.1. The number of nitrogens with two attached hydrogens (primary N) is 2. The average Bonchev–Trinajstić information content (AvgIpc) is 1.56. The fraction of sp³-hybridized carbons (Fsp3) is 0.476. The molecule has 0 spiro atoms. The number of phenolic OH excluding ortho intramolecular Hbond substituents is 1. The molecule has 0 unspecified atom stereocenters. The largest absolute Gasteiger partial charge is 0.508 e. The molecule has 35 heteroatoms. The lowest BCUT2D eigenvalue weighted by atomic mass is 10.0. The summed E-state index contributed by atoms with van der Waals surface area (Å²) in [6, 6.07) is 3.10. The predicted octanol–water partition coefficient (Wildman–Crippen LogP) is -4.85. The van der Waals surface area contributed by atoms with Crippen molar-refractivity contribution in [3.63, 3.8) is 0 Å². The maximum absolute atomic E-state index is 15.0. The van der Waals surface area contributed by atoms with E-state index >= 15 is 4.79 Å². The number of aromatic hydroxyl groups is 1. The number of benzene rings is 3. The molecule has 0 bridgehead atoms. The summed E-state index contributed by atoms with van der Waals surface area (Å²) >= 11 is 8.50. The first-order chi connectivity index (χ1) is 46.6. The van der Waals surface area contributed by atoms with Crippen LogP contribution in [0, 0.1) is 5.92 Å². The number of aliphatic hydroxyl groups excluding tert-OH is 3. The van der Waals surface area contributed by atoms with Crippen LogP contribution in [0.4, 0.5) is 0 Å². The summed E-state index contributed by atoms with van der Waals surface area (Å²) in [6.07, 6.45) is -1.73. The van der Waals surface area contributed by atoms with Gasteiger partial charge in [0.25, 0.3) is 0 Å². The van der Waals surface area contributed by atoms with Crippen LogP contribution in [0.1, 0.15) is 69.6 Å². The molecule has 4 aromatic rings. The minimum Gasteiger partial charge on any atom is -0.508 e. The molecule has 0 aliphatic carbocycles. The Labute approximate surface area is 574 Å². The summed E-state index contributed by atoms with van der Waals surface area (Å²) in [5, 5.41) is 86.9. The van der Waals surface area contributed by atoms with Gasteiger partial charge < -0.3 is 106 Å². The standard InChI is InChI=1S/C63H88N14O19S2/c1-32(2)51(63(95)96)76-61(93)48(31-98)75-56(88)43(24-35-16-18-37(81)19-17-35)70-53(85)40(15-9-10-22-64)68-57(89)44(25-36-27-66-39-14-8-7-13-38(36)39)72-55(87)42(23-34-11-5-4-6-12-34)71-60(92)47(30-97)74-54(86)41(20-21-50(83)84)69-58(90)46(29-79)73-62(94)52(33(3)80)77-59(91)45(28-78)67-49(82)26-65/h4-8,11-14,16-19,27,32-33,40-48,51-52,66,78-81,97-98H,9-10,15,20-26,28-31,64-65H2,1-3H3,(H,67,82)(H,68,89)(H,69,90)(H,70,85)(H,71,92)(H,72,87)(H,73,94)(H,74,86)(H,75,88)(H,76,93)(H,77,91)(H,83,84)(H,95,96)/t33-,40+,41+,42+,43+,44+,45+,46+,47+,48+,51+,52+/m1/s1. The number of thiol groups is 2. The van der Waals surface area contributed by atoms with Gasteiger partial charge >= 0.3 is 11.9 Å². The first-order valence-electron chi connectivity index (χ1n) is 31.2. The Bertz CT molecular complexity index is 3380. The highest BCUT2D eigenvalue weighted by Crippen LogP contribution is 2.21. The van der Waals surface area contributed by atoms with Gasteiger partial charge in [0.1, 0.15) is 72.2 Å². The second-order valence-electron chi connectivity index (χ2n) is 23.2. The highest BCUT2D eigenvalue weighted by Gasteiger charge is 2.38. The maximum Gasteiger partial charge on any atom is 0.326 e. The number of carboxylic acid groups (broad SMARTS) is 2. The molecule has 0 aliphatic rings. The molecule has 3 aromatic carbocycles. The molecule has 0 fully saturated rings. The number of aromatic nitrogens is 1. The molecular weight excluding hydrogens is 1320 g/mol. The molecule has 1 heterocycles. The first-order valence-corrected chi connectivity index (χ1v) is 32.5. The summed E-state index contributed by atoms with van der Waals surface area (Å²) < 4.78 is 0. The molecule has 12 atom stereocenters. The Hall–Kier alpha value is -9.39. The minimum atomic E-state index is -1.95. The third-order valence-corrected chi connectivity index (χ3v) is 16.0. The van der Waals surface area contributed by atoms with E-state index in [2.05, 4.69) is 88.7 Å². The minimum absolute atomic E-state index is 0.0782. The smallest absolute Gasteiger partial charge is 0.326 e. The Kier molecular flexibility index (Phi) is 33.9. The molecule has 0 saturated carbocycles. The molecule has 33 nitrogen and oxygen atoms in total. The first kappa shape index (κ1) is 81.0. The van der Waals surface area contributed by atoms with E-state index in [1.807, 2.05) is 0 Å². The number of aliphatic carboxylic acids is 2.